The van der Waals surface area contributed by atoms with Crippen LogP contribution < -0.4 is 5.73 Å². The average Bonchev–Trinajstić information content (AvgIpc) is 2.78. The summed E-state index contributed by atoms with van der Waals surface area (Å²) in [4.78, 5) is 4.36. The zero-order valence-corrected chi connectivity index (χ0v) is 12.0. The average molecular weight is 291 g/mol. The quantitative estimate of drug-likeness (QED) is 0.906. The fourth-order valence-electron chi connectivity index (χ4n) is 2.82. The molecule has 5 nitrogen and oxygen atoms in total. The van der Waals surface area contributed by atoms with Crippen LogP contribution in [0.2, 0.25) is 0 Å². The third kappa shape index (κ3) is 2.09. The minimum absolute atomic E-state index is 0.0629. The van der Waals surface area contributed by atoms with E-state index in [0.29, 0.717) is 23.2 Å². The number of aromatic nitrogens is 1. The van der Waals surface area contributed by atoms with E-state index in [0.717, 1.165) is 5.39 Å². The second kappa shape index (κ2) is 4.80. The van der Waals surface area contributed by atoms with E-state index >= 15 is 0 Å². The van der Waals surface area contributed by atoms with Gasteiger partial charge in [-0.25, -0.2) is 8.42 Å². The van der Waals surface area contributed by atoms with Gasteiger partial charge in [0.2, 0.25) is 10.0 Å². The van der Waals surface area contributed by atoms with Gasteiger partial charge in [0.1, 0.15) is 0 Å². The van der Waals surface area contributed by atoms with Gasteiger partial charge in [0.15, 0.2) is 0 Å². The Kier molecular flexibility index (Phi) is 3.24. The van der Waals surface area contributed by atoms with E-state index in [1.807, 2.05) is 13.0 Å². The Morgan fingerprint density at radius 2 is 2.15 bits per heavy atom. The second-order valence-corrected chi connectivity index (χ2v) is 7.13. The lowest BCUT2D eigenvalue weighted by molar-refractivity contribution is 0.408. The summed E-state index contributed by atoms with van der Waals surface area (Å²) in [5, 5.41) is 1.53. The van der Waals surface area contributed by atoms with Gasteiger partial charge in [-0.3, -0.25) is 4.98 Å². The Bertz CT molecular complexity index is 740. The van der Waals surface area contributed by atoms with E-state index in [9.17, 15) is 8.42 Å². The van der Waals surface area contributed by atoms with E-state index < -0.39 is 10.0 Å². The highest BCUT2D eigenvalue weighted by atomic mass is 32.2. The molecule has 1 saturated heterocycles. The number of nitrogens with zero attached hydrogens (tertiary/aromatic N) is 2. The first-order valence-corrected chi connectivity index (χ1v) is 8.04. The van der Waals surface area contributed by atoms with Crippen molar-refractivity contribution in [1.82, 2.24) is 9.29 Å². The lowest BCUT2D eigenvalue weighted by Crippen LogP contribution is -2.35. The van der Waals surface area contributed by atoms with Crippen molar-refractivity contribution in [2.24, 2.45) is 5.73 Å². The van der Waals surface area contributed by atoms with Crippen LogP contribution in [-0.4, -0.2) is 36.3 Å². The molecular formula is C14H17N3O2S. The Labute approximate surface area is 118 Å². The molecule has 2 unspecified atom stereocenters. The summed E-state index contributed by atoms with van der Waals surface area (Å²) in [7, 11) is -3.52. The molecule has 0 saturated carbocycles. The number of rotatable bonds is 2. The third-order valence-corrected chi connectivity index (χ3v) is 5.82. The molecule has 1 aromatic carbocycles. The smallest absolute Gasteiger partial charge is 0.243 e. The van der Waals surface area contributed by atoms with Crippen LogP contribution >= 0.6 is 0 Å². The highest BCUT2D eigenvalue weighted by Crippen LogP contribution is 2.29. The molecule has 0 amide bonds. The van der Waals surface area contributed by atoms with E-state index in [1.54, 1.807) is 30.6 Å². The number of pyridine rings is 1. The maximum atomic E-state index is 12.9. The number of fused-ring (bicyclic) bond motifs is 1. The SMILES string of the molecule is CC1CC(N)CN1S(=O)(=O)c1cccc2cnccc12. The molecule has 1 aromatic heterocycles. The van der Waals surface area contributed by atoms with Gasteiger partial charge in [-0.05, 0) is 25.5 Å². The Morgan fingerprint density at radius 3 is 2.85 bits per heavy atom. The van der Waals surface area contributed by atoms with Crippen LogP contribution in [0.1, 0.15) is 13.3 Å². The molecule has 0 aliphatic carbocycles. The maximum Gasteiger partial charge on any atom is 0.243 e. The van der Waals surface area contributed by atoms with Crippen molar-refractivity contribution in [1.29, 1.82) is 0 Å². The summed E-state index contributed by atoms with van der Waals surface area (Å²) in [5.41, 5.74) is 5.89. The van der Waals surface area contributed by atoms with Crippen LogP contribution in [0, 0.1) is 0 Å². The molecule has 1 aliphatic heterocycles. The lowest BCUT2D eigenvalue weighted by atomic mass is 10.2. The molecule has 2 aromatic rings. The zero-order valence-electron chi connectivity index (χ0n) is 11.2. The molecule has 6 heteroatoms. The van der Waals surface area contributed by atoms with Crippen molar-refractivity contribution in [2.45, 2.75) is 30.3 Å². The summed E-state index contributed by atoms with van der Waals surface area (Å²) < 4.78 is 27.2. The zero-order chi connectivity index (χ0) is 14.3. The van der Waals surface area contributed by atoms with Crippen molar-refractivity contribution in [2.75, 3.05) is 6.54 Å². The summed E-state index contributed by atoms with van der Waals surface area (Å²) in [5.74, 6) is 0. The highest BCUT2D eigenvalue weighted by molar-refractivity contribution is 7.89. The number of benzene rings is 1. The van der Waals surface area contributed by atoms with E-state index in [1.165, 1.54) is 4.31 Å². The van der Waals surface area contributed by atoms with Crippen molar-refractivity contribution in [3.8, 4) is 0 Å². The van der Waals surface area contributed by atoms with Gasteiger partial charge in [-0.15, -0.1) is 0 Å². The van der Waals surface area contributed by atoms with Crippen molar-refractivity contribution in [3.63, 3.8) is 0 Å². The largest absolute Gasteiger partial charge is 0.326 e. The molecule has 2 N–H and O–H groups in total. The molecule has 2 heterocycles. The summed E-state index contributed by atoms with van der Waals surface area (Å²) >= 11 is 0. The summed E-state index contributed by atoms with van der Waals surface area (Å²) in [6.07, 6.45) is 3.99. The van der Waals surface area contributed by atoms with E-state index in [2.05, 4.69) is 4.98 Å². The molecular weight excluding hydrogens is 274 g/mol. The minimum Gasteiger partial charge on any atom is -0.326 e. The van der Waals surface area contributed by atoms with Crippen LogP contribution in [0.15, 0.2) is 41.6 Å². The van der Waals surface area contributed by atoms with Crippen LogP contribution in [-0.2, 0) is 10.0 Å². The molecule has 0 spiro atoms. The predicted octanol–water partition coefficient (Wildman–Crippen LogP) is 1.34. The van der Waals surface area contributed by atoms with Crippen LogP contribution in [0.25, 0.3) is 10.8 Å². The fraction of sp³-hybridized carbons (Fsp3) is 0.357. The van der Waals surface area contributed by atoms with Crippen molar-refractivity contribution in [3.05, 3.63) is 36.7 Å². The molecule has 0 bridgehead atoms. The second-order valence-electron chi connectivity index (χ2n) is 5.27. The molecule has 20 heavy (non-hydrogen) atoms. The maximum absolute atomic E-state index is 12.9. The Morgan fingerprint density at radius 1 is 1.35 bits per heavy atom. The molecule has 1 fully saturated rings. The van der Waals surface area contributed by atoms with Crippen molar-refractivity contribution >= 4 is 20.8 Å². The van der Waals surface area contributed by atoms with E-state index in [4.69, 9.17) is 5.73 Å². The topological polar surface area (TPSA) is 76.3 Å². The normalized spacial score (nSPS) is 24.3. The monoisotopic (exact) mass is 291 g/mol. The van der Waals surface area contributed by atoms with Crippen LogP contribution in [0.4, 0.5) is 0 Å². The van der Waals surface area contributed by atoms with Crippen LogP contribution in [0.5, 0.6) is 0 Å². The van der Waals surface area contributed by atoms with Crippen molar-refractivity contribution < 1.29 is 8.42 Å². The first-order chi connectivity index (χ1) is 9.50. The summed E-state index contributed by atoms with van der Waals surface area (Å²) in [6, 6.07) is 6.85. The summed E-state index contributed by atoms with van der Waals surface area (Å²) in [6.45, 7) is 2.28. The highest BCUT2D eigenvalue weighted by Gasteiger charge is 2.36. The van der Waals surface area contributed by atoms with Gasteiger partial charge in [0, 0.05) is 41.8 Å². The standard InChI is InChI=1S/C14H17N3O2S/c1-10-7-12(15)9-17(10)20(18,19)14-4-2-3-11-8-16-6-5-13(11)14/h2-6,8,10,12H,7,9,15H2,1H3. The molecule has 1 aliphatic rings. The van der Waals surface area contributed by atoms with E-state index in [-0.39, 0.29) is 12.1 Å². The predicted molar refractivity (Wildman–Crippen MR) is 77.7 cm³/mol. The number of nitrogens with two attached hydrogens (primary N) is 1. The molecule has 106 valence electrons. The van der Waals surface area contributed by atoms with Gasteiger partial charge < -0.3 is 5.73 Å². The Hall–Kier alpha value is -1.50. The first-order valence-electron chi connectivity index (χ1n) is 6.60. The molecule has 3 rings (SSSR count). The number of hydrogen-bond acceptors (Lipinski definition) is 4. The van der Waals surface area contributed by atoms with Gasteiger partial charge in [-0.1, -0.05) is 12.1 Å². The molecule has 0 radical (unpaired) electrons. The molecule has 2 atom stereocenters. The fourth-order valence-corrected chi connectivity index (χ4v) is 4.74. The van der Waals surface area contributed by atoms with Gasteiger partial charge in [-0.2, -0.15) is 4.31 Å². The van der Waals surface area contributed by atoms with Gasteiger partial charge >= 0.3 is 0 Å². The number of hydrogen-bond donors (Lipinski definition) is 1. The third-order valence-electron chi connectivity index (χ3n) is 3.78. The van der Waals surface area contributed by atoms with Gasteiger partial charge in [0.05, 0.1) is 4.90 Å². The lowest BCUT2D eigenvalue weighted by Gasteiger charge is -2.21. The first kappa shape index (κ1) is 13.5. The van der Waals surface area contributed by atoms with Gasteiger partial charge in [0.25, 0.3) is 0 Å². The number of sulfonamides is 1. The minimum atomic E-state index is -3.52. The van der Waals surface area contributed by atoms with Crippen LogP contribution in [0.3, 0.4) is 0 Å². The Balaban J connectivity index is 2.15.